The van der Waals surface area contributed by atoms with Crippen molar-refractivity contribution in [3.05, 3.63) is 28.2 Å². The van der Waals surface area contributed by atoms with Crippen molar-refractivity contribution in [1.29, 1.82) is 0 Å². The summed E-state index contributed by atoms with van der Waals surface area (Å²) in [5.41, 5.74) is 0.121. The monoisotopic (exact) mass is 299 g/mol. The summed E-state index contributed by atoms with van der Waals surface area (Å²) in [6.07, 6.45) is 0.388. The molecule has 1 aliphatic heterocycles. The first-order chi connectivity index (χ1) is 7.99. The van der Waals surface area contributed by atoms with Crippen LogP contribution in [0.5, 0.6) is 0 Å². The van der Waals surface area contributed by atoms with E-state index >= 15 is 0 Å². The summed E-state index contributed by atoms with van der Waals surface area (Å²) in [5.74, 6) is -1.77. The summed E-state index contributed by atoms with van der Waals surface area (Å²) in [5, 5.41) is 22.9. The lowest BCUT2D eigenvalue weighted by Gasteiger charge is -2.29. The molecule has 0 saturated heterocycles. The lowest BCUT2D eigenvalue weighted by molar-refractivity contribution is -0.151. The van der Waals surface area contributed by atoms with E-state index in [0.29, 0.717) is 12.0 Å². The quantitative estimate of drug-likeness (QED) is 0.800. The summed E-state index contributed by atoms with van der Waals surface area (Å²) in [6, 6.07) is 5.48. The van der Waals surface area contributed by atoms with Gasteiger partial charge in [-0.25, -0.2) is 0 Å². The molecule has 1 heterocycles. The number of rotatable bonds is 3. The molecule has 1 aliphatic rings. The first-order valence-electron chi connectivity index (χ1n) is 5.48. The summed E-state index contributed by atoms with van der Waals surface area (Å²) in [7, 11) is 0. The number of halogens is 1. The van der Waals surface area contributed by atoms with Gasteiger partial charge in [-0.15, -0.1) is 0 Å². The second-order valence-electron chi connectivity index (χ2n) is 4.27. The Balaban J connectivity index is 2.49. The van der Waals surface area contributed by atoms with E-state index in [2.05, 4.69) is 21.2 Å². The third kappa shape index (κ3) is 1.93. The Morgan fingerprint density at radius 1 is 1.65 bits per heavy atom. The van der Waals surface area contributed by atoms with Gasteiger partial charge in [0.2, 0.25) is 0 Å². The van der Waals surface area contributed by atoms with Crippen LogP contribution < -0.4 is 5.32 Å². The largest absolute Gasteiger partial charge is 0.481 e. The Kier molecular flexibility index (Phi) is 3.14. The van der Waals surface area contributed by atoms with Crippen LogP contribution in [-0.4, -0.2) is 22.7 Å². The third-order valence-electron chi connectivity index (χ3n) is 3.28. The second-order valence-corrected chi connectivity index (χ2v) is 5.18. The second kappa shape index (κ2) is 4.31. The van der Waals surface area contributed by atoms with Crippen molar-refractivity contribution in [2.24, 2.45) is 5.92 Å². The van der Waals surface area contributed by atoms with Gasteiger partial charge in [0.15, 0.2) is 0 Å². The molecule has 0 saturated carbocycles. The van der Waals surface area contributed by atoms with Crippen LogP contribution in [0, 0.1) is 5.92 Å². The van der Waals surface area contributed by atoms with Crippen LogP contribution in [0.15, 0.2) is 22.7 Å². The van der Waals surface area contributed by atoms with E-state index in [1.54, 1.807) is 13.0 Å². The maximum Gasteiger partial charge on any atom is 0.309 e. The number of aliphatic hydroxyl groups is 1. The van der Waals surface area contributed by atoms with E-state index in [0.717, 1.165) is 10.2 Å². The van der Waals surface area contributed by atoms with Gasteiger partial charge in [0.05, 0.1) is 5.92 Å². The summed E-state index contributed by atoms with van der Waals surface area (Å²) < 4.78 is 0.832. The molecule has 2 unspecified atom stereocenters. The predicted octanol–water partition coefficient (Wildman–Crippen LogP) is 2.17. The Labute approximate surface area is 108 Å². The van der Waals surface area contributed by atoms with Crippen molar-refractivity contribution in [3.63, 3.8) is 0 Å². The molecule has 0 aliphatic carbocycles. The van der Waals surface area contributed by atoms with Crippen LogP contribution in [0.25, 0.3) is 0 Å². The highest BCUT2D eigenvalue weighted by atomic mass is 79.9. The topological polar surface area (TPSA) is 69.6 Å². The molecule has 17 heavy (non-hydrogen) atoms. The van der Waals surface area contributed by atoms with Crippen LogP contribution in [0.1, 0.15) is 18.9 Å². The third-order valence-corrected chi connectivity index (χ3v) is 3.77. The lowest BCUT2D eigenvalue weighted by atomic mass is 9.81. The van der Waals surface area contributed by atoms with Crippen molar-refractivity contribution in [2.45, 2.75) is 18.9 Å². The Hall–Kier alpha value is -1.07. The maximum atomic E-state index is 11.2. The molecule has 3 N–H and O–H groups in total. The van der Waals surface area contributed by atoms with Crippen molar-refractivity contribution in [1.82, 2.24) is 0 Å². The van der Waals surface area contributed by atoms with E-state index in [-0.39, 0.29) is 6.54 Å². The molecular formula is C12H14BrNO3. The van der Waals surface area contributed by atoms with Gasteiger partial charge < -0.3 is 15.5 Å². The molecular weight excluding hydrogens is 286 g/mol. The van der Waals surface area contributed by atoms with Crippen molar-refractivity contribution >= 4 is 27.6 Å². The molecule has 1 aromatic rings. The van der Waals surface area contributed by atoms with Gasteiger partial charge in [-0.05, 0) is 24.6 Å². The maximum absolute atomic E-state index is 11.2. The van der Waals surface area contributed by atoms with Gasteiger partial charge in [0.1, 0.15) is 5.60 Å². The predicted molar refractivity (Wildman–Crippen MR) is 67.9 cm³/mol. The minimum Gasteiger partial charge on any atom is -0.481 e. The number of anilines is 1. The first-order valence-corrected chi connectivity index (χ1v) is 6.27. The van der Waals surface area contributed by atoms with Gasteiger partial charge in [-0.2, -0.15) is 0 Å². The zero-order chi connectivity index (χ0) is 12.6. The van der Waals surface area contributed by atoms with Gasteiger partial charge >= 0.3 is 5.97 Å². The fraction of sp³-hybridized carbons (Fsp3) is 0.417. The Bertz CT molecular complexity index is 463. The fourth-order valence-corrected chi connectivity index (χ4v) is 2.74. The molecule has 5 heteroatoms. The van der Waals surface area contributed by atoms with E-state index in [1.807, 2.05) is 12.1 Å². The fourth-order valence-electron chi connectivity index (χ4n) is 2.38. The van der Waals surface area contributed by atoms with E-state index < -0.39 is 17.5 Å². The van der Waals surface area contributed by atoms with Crippen molar-refractivity contribution in [2.75, 3.05) is 11.9 Å². The van der Waals surface area contributed by atoms with Crippen LogP contribution in [-0.2, 0) is 10.4 Å². The van der Waals surface area contributed by atoms with Crippen LogP contribution in [0.3, 0.4) is 0 Å². The first kappa shape index (κ1) is 12.4. The van der Waals surface area contributed by atoms with Gasteiger partial charge in [-0.1, -0.05) is 22.9 Å². The number of β-amino-alcohol motifs (C(OH)–C–C–N with tert-alkyl or cyclic N) is 1. The van der Waals surface area contributed by atoms with Crippen LogP contribution >= 0.6 is 15.9 Å². The smallest absolute Gasteiger partial charge is 0.309 e. The molecule has 2 atom stereocenters. The van der Waals surface area contributed by atoms with Gasteiger partial charge in [0, 0.05) is 22.3 Å². The molecule has 92 valence electrons. The van der Waals surface area contributed by atoms with Gasteiger partial charge in [-0.3, -0.25) is 4.79 Å². The molecule has 0 radical (unpaired) electrons. The molecule has 0 amide bonds. The normalized spacial score (nSPS) is 23.9. The number of benzene rings is 1. The van der Waals surface area contributed by atoms with Gasteiger partial charge in [0.25, 0.3) is 0 Å². The number of aliphatic carboxylic acids is 1. The minimum absolute atomic E-state index is 0.240. The highest BCUT2D eigenvalue weighted by Gasteiger charge is 2.46. The molecule has 2 rings (SSSR count). The average Bonchev–Trinajstić information content (AvgIpc) is 2.58. The molecule has 0 aromatic heterocycles. The molecule has 0 bridgehead atoms. The Morgan fingerprint density at radius 3 is 2.94 bits per heavy atom. The summed E-state index contributed by atoms with van der Waals surface area (Å²) >= 11 is 3.34. The van der Waals surface area contributed by atoms with Crippen LogP contribution in [0.2, 0.25) is 0 Å². The number of hydrogen-bond donors (Lipinski definition) is 3. The summed E-state index contributed by atoms with van der Waals surface area (Å²) in [6.45, 7) is 2.01. The number of fused-ring (bicyclic) bond motifs is 1. The highest BCUT2D eigenvalue weighted by Crippen LogP contribution is 2.42. The number of carboxylic acid groups (broad SMARTS) is 1. The molecule has 1 aromatic carbocycles. The number of carboxylic acids is 1. The molecule has 4 nitrogen and oxygen atoms in total. The summed E-state index contributed by atoms with van der Waals surface area (Å²) in [4.78, 5) is 11.2. The minimum atomic E-state index is -1.33. The molecule has 0 spiro atoms. The van der Waals surface area contributed by atoms with E-state index in [4.69, 9.17) is 0 Å². The zero-order valence-corrected chi connectivity index (χ0v) is 11.0. The van der Waals surface area contributed by atoms with E-state index in [9.17, 15) is 15.0 Å². The van der Waals surface area contributed by atoms with Crippen molar-refractivity contribution < 1.29 is 15.0 Å². The van der Waals surface area contributed by atoms with E-state index in [1.165, 1.54) is 0 Å². The number of hydrogen-bond acceptors (Lipinski definition) is 3. The number of nitrogens with one attached hydrogen (secondary N) is 1. The lowest BCUT2D eigenvalue weighted by Crippen LogP contribution is -2.41. The highest BCUT2D eigenvalue weighted by molar-refractivity contribution is 9.10. The average molecular weight is 300 g/mol. The SMILES string of the molecule is CCC(C(=O)O)C1(O)CNc2ccc(Br)cc21. The molecule has 0 fully saturated rings. The van der Waals surface area contributed by atoms with Crippen LogP contribution in [0.4, 0.5) is 5.69 Å². The number of carbonyl (C=O) groups is 1. The zero-order valence-electron chi connectivity index (χ0n) is 9.40. The standard InChI is InChI=1S/C12H14BrNO3/c1-2-8(11(15)16)12(17)6-14-10-4-3-7(13)5-9(10)12/h3-5,8,14,17H,2,6H2,1H3,(H,15,16). The van der Waals surface area contributed by atoms with Crippen molar-refractivity contribution in [3.8, 4) is 0 Å². The Morgan fingerprint density at radius 2 is 2.35 bits per heavy atom.